The van der Waals surface area contributed by atoms with Gasteiger partial charge in [-0.1, -0.05) is 18.2 Å². The lowest BCUT2D eigenvalue weighted by molar-refractivity contribution is -0.136. The van der Waals surface area contributed by atoms with Gasteiger partial charge in [0.2, 0.25) is 11.6 Å². The molecule has 3 rings (SSSR count). The molecule has 0 aliphatic carbocycles. The number of carbonyl (C=O) groups excluding carboxylic acids is 1. The number of aryl methyl sites for hydroxylation is 2. The summed E-state index contributed by atoms with van der Waals surface area (Å²) in [7, 11) is 4.41. The number of benzene rings is 2. The van der Waals surface area contributed by atoms with E-state index >= 15 is 0 Å². The molecular weight excluding hydrogens is 436 g/mol. The highest BCUT2D eigenvalue weighted by Crippen LogP contribution is 2.42. The minimum Gasteiger partial charge on any atom is -0.493 e. The molecule has 178 valence electrons. The zero-order valence-electron chi connectivity index (χ0n) is 20.1. The van der Waals surface area contributed by atoms with Gasteiger partial charge in [-0.25, -0.2) is 4.79 Å². The second-order valence-electron chi connectivity index (χ2n) is 7.80. The van der Waals surface area contributed by atoms with E-state index in [4.69, 9.17) is 29.4 Å². The van der Waals surface area contributed by atoms with Crippen LogP contribution in [0.2, 0.25) is 0 Å². The zero-order valence-corrected chi connectivity index (χ0v) is 20.1. The molecule has 1 aliphatic rings. The number of methoxy groups -OCH3 is 3. The van der Waals surface area contributed by atoms with Crippen LogP contribution in [0.25, 0.3) is 0 Å². The van der Waals surface area contributed by atoms with E-state index in [2.05, 4.69) is 6.07 Å². The molecule has 0 amide bonds. The fourth-order valence-corrected chi connectivity index (χ4v) is 4.06. The summed E-state index contributed by atoms with van der Waals surface area (Å²) in [5.41, 5.74) is 9.87. The Balaban J connectivity index is 2.09. The molecule has 0 radical (unpaired) electrons. The van der Waals surface area contributed by atoms with Gasteiger partial charge in [-0.3, -0.25) is 0 Å². The number of para-hydroxylation sites is 1. The third-order valence-corrected chi connectivity index (χ3v) is 5.80. The smallest absolute Gasteiger partial charge is 0.338 e. The fraction of sp³-hybridized carbons (Fsp3) is 0.308. The molecule has 0 bridgehead atoms. The molecular formula is C26H28N2O6. The average Bonchev–Trinajstić information content (AvgIpc) is 2.82. The summed E-state index contributed by atoms with van der Waals surface area (Å²) in [6.45, 7) is 5.72. The van der Waals surface area contributed by atoms with Crippen molar-refractivity contribution in [3.8, 4) is 23.3 Å². The van der Waals surface area contributed by atoms with Gasteiger partial charge in [0.1, 0.15) is 24.0 Å². The molecule has 0 saturated heterocycles. The molecule has 1 heterocycles. The summed E-state index contributed by atoms with van der Waals surface area (Å²) < 4.78 is 27.4. The first-order valence-corrected chi connectivity index (χ1v) is 10.6. The number of esters is 1. The maximum atomic E-state index is 12.7. The van der Waals surface area contributed by atoms with Crippen molar-refractivity contribution in [1.29, 1.82) is 5.26 Å². The fourth-order valence-electron chi connectivity index (χ4n) is 4.06. The number of nitrogens with zero attached hydrogens (tertiary/aromatic N) is 1. The minimum atomic E-state index is -0.730. The highest BCUT2D eigenvalue weighted by molar-refractivity contribution is 5.92. The lowest BCUT2D eigenvalue weighted by Gasteiger charge is -2.28. The highest BCUT2D eigenvalue weighted by atomic mass is 16.5. The van der Waals surface area contributed by atoms with Gasteiger partial charge in [0.15, 0.2) is 11.5 Å². The molecule has 8 heteroatoms. The van der Waals surface area contributed by atoms with Gasteiger partial charge < -0.3 is 29.4 Å². The Morgan fingerprint density at radius 3 is 2.29 bits per heavy atom. The van der Waals surface area contributed by atoms with E-state index in [1.54, 1.807) is 33.3 Å². The van der Waals surface area contributed by atoms with Crippen LogP contribution in [0.1, 0.15) is 35.1 Å². The van der Waals surface area contributed by atoms with Crippen molar-refractivity contribution >= 4 is 5.97 Å². The number of carbonyl (C=O) groups is 1. The number of hydrogen-bond donors (Lipinski definition) is 1. The van der Waals surface area contributed by atoms with Crippen LogP contribution >= 0.6 is 0 Å². The van der Waals surface area contributed by atoms with Gasteiger partial charge >= 0.3 is 5.97 Å². The Morgan fingerprint density at radius 2 is 1.74 bits per heavy atom. The molecule has 1 aliphatic heterocycles. The van der Waals surface area contributed by atoms with Crippen LogP contribution in [0.15, 0.2) is 53.1 Å². The van der Waals surface area contributed by atoms with Crippen molar-refractivity contribution in [3.63, 3.8) is 0 Å². The van der Waals surface area contributed by atoms with Gasteiger partial charge in [-0.2, -0.15) is 5.26 Å². The average molecular weight is 465 g/mol. The number of allylic oxidation sites excluding steroid dienone is 2. The van der Waals surface area contributed by atoms with Crippen molar-refractivity contribution in [2.45, 2.75) is 33.3 Å². The first kappa shape index (κ1) is 24.5. The predicted octanol–water partition coefficient (Wildman–Crippen LogP) is 4.15. The Hall–Kier alpha value is -4.12. The number of nitrogens with two attached hydrogens (primary N) is 1. The molecule has 0 aromatic heterocycles. The van der Waals surface area contributed by atoms with Crippen molar-refractivity contribution in [1.82, 2.24) is 0 Å². The topological polar surface area (TPSA) is 113 Å². The molecule has 0 fully saturated rings. The van der Waals surface area contributed by atoms with Crippen LogP contribution in [-0.2, 0) is 20.9 Å². The second-order valence-corrected chi connectivity index (χ2v) is 7.80. The molecule has 2 aromatic rings. The quantitative estimate of drug-likeness (QED) is 0.608. The number of hydrogen-bond acceptors (Lipinski definition) is 8. The summed E-state index contributed by atoms with van der Waals surface area (Å²) in [5, 5.41) is 9.84. The molecule has 1 atom stereocenters. The lowest BCUT2D eigenvalue weighted by atomic mass is 9.80. The van der Waals surface area contributed by atoms with Crippen LogP contribution < -0.4 is 19.9 Å². The first-order chi connectivity index (χ1) is 16.3. The predicted molar refractivity (Wildman–Crippen MR) is 125 cm³/mol. The Labute approximate surface area is 199 Å². The van der Waals surface area contributed by atoms with E-state index in [9.17, 15) is 10.1 Å². The Kier molecular flexibility index (Phi) is 7.37. The SMILES string of the molecule is COC(=O)C1=C(C)OC(N)=C(C#N)[C@H]1c1cc(COc2c(OC)cccc2OC)c(C)cc1C. The molecule has 8 nitrogen and oxygen atoms in total. The monoisotopic (exact) mass is 464 g/mol. The third-order valence-electron chi connectivity index (χ3n) is 5.80. The summed E-state index contributed by atoms with van der Waals surface area (Å²) in [6, 6.07) is 11.4. The van der Waals surface area contributed by atoms with Crippen LogP contribution in [0.5, 0.6) is 17.2 Å². The summed E-state index contributed by atoms with van der Waals surface area (Å²) in [6.07, 6.45) is 0. The number of nitriles is 1. The van der Waals surface area contributed by atoms with Gasteiger partial charge in [-0.05, 0) is 55.2 Å². The largest absolute Gasteiger partial charge is 0.493 e. The lowest BCUT2D eigenvalue weighted by Crippen LogP contribution is -2.25. The van der Waals surface area contributed by atoms with Crippen LogP contribution in [-0.4, -0.2) is 27.3 Å². The van der Waals surface area contributed by atoms with Gasteiger partial charge in [0.25, 0.3) is 0 Å². The van der Waals surface area contributed by atoms with Crippen LogP contribution in [0.4, 0.5) is 0 Å². The van der Waals surface area contributed by atoms with E-state index in [1.807, 2.05) is 32.0 Å². The normalized spacial score (nSPS) is 15.4. The van der Waals surface area contributed by atoms with E-state index in [0.29, 0.717) is 23.0 Å². The zero-order chi connectivity index (χ0) is 25.0. The maximum absolute atomic E-state index is 12.7. The van der Waals surface area contributed by atoms with Crippen LogP contribution in [0.3, 0.4) is 0 Å². The maximum Gasteiger partial charge on any atom is 0.338 e. The Morgan fingerprint density at radius 1 is 1.09 bits per heavy atom. The minimum absolute atomic E-state index is 0.0332. The van der Waals surface area contributed by atoms with Crippen LogP contribution in [0, 0.1) is 25.2 Å². The third kappa shape index (κ3) is 4.50. The van der Waals surface area contributed by atoms with E-state index < -0.39 is 11.9 Å². The van der Waals surface area contributed by atoms with E-state index in [1.165, 1.54) is 7.11 Å². The van der Waals surface area contributed by atoms with Crippen molar-refractivity contribution in [2.24, 2.45) is 5.73 Å². The number of ether oxygens (including phenoxy) is 5. The van der Waals surface area contributed by atoms with E-state index in [0.717, 1.165) is 22.3 Å². The van der Waals surface area contributed by atoms with Gasteiger partial charge in [0, 0.05) is 0 Å². The van der Waals surface area contributed by atoms with E-state index in [-0.39, 0.29) is 23.6 Å². The molecule has 0 saturated carbocycles. The molecule has 0 unspecified atom stereocenters. The molecule has 34 heavy (non-hydrogen) atoms. The Bertz CT molecular complexity index is 1200. The van der Waals surface area contributed by atoms with Gasteiger partial charge in [-0.15, -0.1) is 0 Å². The highest BCUT2D eigenvalue weighted by Gasteiger charge is 2.37. The first-order valence-electron chi connectivity index (χ1n) is 10.6. The molecule has 0 spiro atoms. The second kappa shape index (κ2) is 10.2. The summed E-state index contributed by atoms with van der Waals surface area (Å²) >= 11 is 0. The summed E-state index contributed by atoms with van der Waals surface area (Å²) in [4.78, 5) is 12.7. The van der Waals surface area contributed by atoms with Gasteiger partial charge in [0.05, 0.1) is 32.8 Å². The van der Waals surface area contributed by atoms with Crippen molar-refractivity contribution in [2.75, 3.05) is 21.3 Å². The van der Waals surface area contributed by atoms with Crippen molar-refractivity contribution in [3.05, 3.63) is 75.4 Å². The summed E-state index contributed by atoms with van der Waals surface area (Å²) in [5.74, 6) is 0.517. The molecule has 2 aromatic carbocycles. The standard InChI is InChI=1S/C26H28N2O6/c1-14-10-15(2)18(23-19(12-27)25(28)34-16(3)22(23)26(29)32-6)11-17(14)13-33-24-20(30-4)8-7-9-21(24)31-5/h7-11,23H,13,28H2,1-6H3/t23-/m1/s1. The number of rotatable bonds is 7. The van der Waals surface area contributed by atoms with Crippen molar-refractivity contribution < 1.29 is 28.5 Å². The molecule has 2 N–H and O–H groups in total.